The van der Waals surface area contributed by atoms with E-state index in [1.54, 1.807) is 24.3 Å². The Balaban J connectivity index is 2.74. The maximum atomic E-state index is 11.4. The van der Waals surface area contributed by atoms with Gasteiger partial charge in [-0.05, 0) is 17.7 Å². The zero-order chi connectivity index (χ0) is 13.5. The first-order valence-corrected chi connectivity index (χ1v) is 5.78. The molecule has 0 aromatic heterocycles. The van der Waals surface area contributed by atoms with Gasteiger partial charge in [0, 0.05) is 18.0 Å². The number of carbonyl (C=O) groups excluding carboxylic acids is 1. The normalized spacial score (nSPS) is 11.9. The van der Waals surface area contributed by atoms with Gasteiger partial charge in [-0.25, -0.2) is 0 Å². The molecule has 6 heteroatoms. The van der Waals surface area contributed by atoms with E-state index in [9.17, 15) is 9.59 Å². The van der Waals surface area contributed by atoms with Crippen molar-refractivity contribution in [3.8, 4) is 0 Å². The summed E-state index contributed by atoms with van der Waals surface area (Å²) in [4.78, 5) is 22.6. The highest BCUT2D eigenvalue weighted by molar-refractivity contribution is 6.30. The first-order chi connectivity index (χ1) is 8.54. The van der Waals surface area contributed by atoms with Gasteiger partial charge in [0.25, 0.3) is 0 Å². The number of aliphatic carboxylic acids is 1. The number of carboxylic acid groups (broad SMARTS) is 1. The second-order valence-electron chi connectivity index (χ2n) is 3.72. The van der Waals surface area contributed by atoms with Gasteiger partial charge >= 0.3 is 5.97 Å². The van der Waals surface area contributed by atoms with Crippen LogP contribution in [0.5, 0.6) is 0 Å². The highest BCUT2D eigenvalue weighted by Crippen LogP contribution is 2.21. The number of aliphatic hydroxyl groups is 1. The van der Waals surface area contributed by atoms with Gasteiger partial charge in [0.15, 0.2) is 0 Å². The lowest BCUT2D eigenvalue weighted by Gasteiger charge is -2.12. The van der Waals surface area contributed by atoms with Crippen molar-refractivity contribution in [3.05, 3.63) is 34.9 Å². The molecule has 0 aliphatic heterocycles. The zero-order valence-electron chi connectivity index (χ0n) is 9.60. The molecular weight excluding hydrogens is 258 g/mol. The number of rotatable bonds is 6. The van der Waals surface area contributed by atoms with E-state index in [2.05, 4.69) is 5.32 Å². The third-order valence-electron chi connectivity index (χ3n) is 2.39. The fraction of sp³-hybridized carbons (Fsp3) is 0.333. The van der Waals surface area contributed by atoms with Gasteiger partial charge in [0.1, 0.15) is 0 Å². The van der Waals surface area contributed by atoms with E-state index in [0.29, 0.717) is 10.6 Å². The van der Waals surface area contributed by atoms with Crippen molar-refractivity contribution in [2.45, 2.75) is 12.3 Å². The minimum atomic E-state index is -1.07. The monoisotopic (exact) mass is 271 g/mol. The highest BCUT2D eigenvalue weighted by Gasteiger charge is 2.22. The largest absolute Gasteiger partial charge is 0.481 e. The minimum absolute atomic E-state index is 0.117. The van der Waals surface area contributed by atoms with Crippen LogP contribution in [-0.4, -0.2) is 35.2 Å². The lowest BCUT2D eigenvalue weighted by atomic mass is 9.95. The third kappa shape index (κ3) is 4.35. The molecule has 1 aromatic rings. The van der Waals surface area contributed by atoms with E-state index >= 15 is 0 Å². The summed E-state index contributed by atoms with van der Waals surface area (Å²) in [6, 6.07) is 6.33. The Morgan fingerprint density at radius 2 is 1.89 bits per heavy atom. The second kappa shape index (κ2) is 6.98. The van der Waals surface area contributed by atoms with Crippen LogP contribution in [0.25, 0.3) is 0 Å². The van der Waals surface area contributed by atoms with Crippen LogP contribution >= 0.6 is 11.6 Å². The Hall–Kier alpha value is -1.59. The molecule has 0 aliphatic carbocycles. The Morgan fingerprint density at radius 1 is 1.28 bits per heavy atom. The van der Waals surface area contributed by atoms with Gasteiger partial charge in [-0.3, -0.25) is 9.59 Å². The third-order valence-corrected chi connectivity index (χ3v) is 2.65. The predicted molar refractivity (Wildman–Crippen MR) is 66.5 cm³/mol. The number of carbonyl (C=O) groups is 2. The molecule has 0 radical (unpaired) electrons. The Labute approximate surface area is 109 Å². The van der Waals surface area contributed by atoms with Crippen molar-refractivity contribution < 1.29 is 19.8 Å². The number of hydrogen-bond acceptors (Lipinski definition) is 3. The molecule has 1 amide bonds. The van der Waals surface area contributed by atoms with E-state index < -0.39 is 17.8 Å². The molecule has 3 N–H and O–H groups in total. The van der Waals surface area contributed by atoms with E-state index in [1.807, 2.05) is 0 Å². The molecule has 0 aliphatic rings. The fourth-order valence-corrected chi connectivity index (χ4v) is 1.62. The number of nitrogens with one attached hydrogen (secondary N) is 1. The summed E-state index contributed by atoms with van der Waals surface area (Å²) in [6.07, 6.45) is -0.170. The first kappa shape index (κ1) is 14.5. The van der Waals surface area contributed by atoms with Crippen molar-refractivity contribution in [1.29, 1.82) is 0 Å². The Kier molecular flexibility index (Phi) is 5.61. The molecule has 0 heterocycles. The smallest absolute Gasteiger partial charge is 0.311 e. The van der Waals surface area contributed by atoms with Crippen molar-refractivity contribution in [3.63, 3.8) is 0 Å². The SMILES string of the molecule is O=C(CC(C(=O)O)c1ccc(Cl)cc1)NCCO. The van der Waals surface area contributed by atoms with E-state index in [0.717, 1.165) is 0 Å². The molecule has 1 aromatic carbocycles. The summed E-state index contributed by atoms with van der Waals surface area (Å²) in [5.74, 6) is -2.40. The summed E-state index contributed by atoms with van der Waals surface area (Å²) < 4.78 is 0. The summed E-state index contributed by atoms with van der Waals surface area (Å²) in [5, 5.41) is 20.6. The van der Waals surface area contributed by atoms with E-state index in [1.165, 1.54) is 0 Å². The Morgan fingerprint density at radius 3 is 2.39 bits per heavy atom. The molecular formula is C12H14ClNO4. The Bertz CT molecular complexity index is 419. The van der Waals surface area contributed by atoms with Gasteiger partial charge in [0.05, 0.1) is 12.5 Å². The fourth-order valence-electron chi connectivity index (χ4n) is 1.50. The van der Waals surface area contributed by atoms with Crippen molar-refractivity contribution in [2.24, 2.45) is 0 Å². The maximum absolute atomic E-state index is 11.4. The molecule has 5 nitrogen and oxygen atoms in total. The average molecular weight is 272 g/mol. The van der Waals surface area contributed by atoms with Crippen LogP contribution in [0.15, 0.2) is 24.3 Å². The van der Waals surface area contributed by atoms with Gasteiger partial charge in [-0.1, -0.05) is 23.7 Å². The molecule has 98 valence electrons. The summed E-state index contributed by atoms with van der Waals surface area (Å²) in [7, 11) is 0. The van der Waals surface area contributed by atoms with Crippen LogP contribution in [0.3, 0.4) is 0 Å². The topological polar surface area (TPSA) is 86.6 Å². The van der Waals surface area contributed by atoms with Crippen molar-refractivity contribution in [2.75, 3.05) is 13.2 Å². The van der Waals surface area contributed by atoms with Crippen LogP contribution in [0.1, 0.15) is 17.9 Å². The van der Waals surface area contributed by atoms with Crippen molar-refractivity contribution in [1.82, 2.24) is 5.32 Å². The second-order valence-corrected chi connectivity index (χ2v) is 4.16. The van der Waals surface area contributed by atoms with Gasteiger partial charge < -0.3 is 15.5 Å². The number of aliphatic hydroxyl groups excluding tert-OH is 1. The molecule has 0 saturated carbocycles. The standard InChI is InChI=1S/C12H14ClNO4/c13-9-3-1-8(2-4-9)10(12(17)18)7-11(16)14-5-6-15/h1-4,10,15H,5-7H2,(H,14,16)(H,17,18). The van der Waals surface area contributed by atoms with Gasteiger partial charge in [-0.2, -0.15) is 0 Å². The van der Waals surface area contributed by atoms with Crippen LogP contribution in [0, 0.1) is 0 Å². The predicted octanol–water partition coefficient (Wildman–Crippen LogP) is 1.01. The molecule has 18 heavy (non-hydrogen) atoms. The van der Waals surface area contributed by atoms with Crippen LogP contribution < -0.4 is 5.32 Å². The number of hydrogen-bond donors (Lipinski definition) is 3. The molecule has 0 fully saturated rings. The lowest BCUT2D eigenvalue weighted by Crippen LogP contribution is -2.29. The zero-order valence-corrected chi connectivity index (χ0v) is 10.4. The number of carboxylic acids is 1. The molecule has 1 unspecified atom stereocenters. The van der Waals surface area contributed by atoms with Gasteiger partial charge in [-0.15, -0.1) is 0 Å². The number of benzene rings is 1. The van der Waals surface area contributed by atoms with E-state index in [-0.39, 0.29) is 19.6 Å². The highest BCUT2D eigenvalue weighted by atomic mass is 35.5. The average Bonchev–Trinajstić information content (AvgIpc) is 2.34. The quantitative estimate of drug-likeness (QED) is 0.721. The molecule has 0 saturated heterocycles. The van der Waals surface area contributed by atoms with Crippen LogP contribution in [0.4, 0.5) is 0 Å². The number of halogens is 1. The molecule has 1 atom stereocenters. The minimum Gasteiger partial charge on any atom is -0.481 e. The van der Waals surface area contributed by atoms with Crippen LogP contribution in [0.2, 0.25) is 5.02 Å². The van der Waals surface area contributed by atoms with Crippen LogP contribution in [-0.2, 0) is 9.59 Å². The molecule has 0 spiro atoms. The maximum Gasteiger partial charge on any atom is 0.311 e. The molecule has 1 rings (SSSR count). The van der Waals surface area contributed by atoms with Gasteiger partial charge in [0.2, 0.25) is 5.91 Å². The summed E-state index contributed by atoms with van der Waals surface area (Å²) >= 11 is 5.72. The van der Waals surface area contributed by atoms with Crippen molar-refractivity contribution >= 4 is 23.5 Å². The summed E-state index contributed by atoms with van der Waals surface area (Å²) in [5.41, 5.74) is 0.519. The van der Waals surface area contributed by atoms with E-state index in [4.69, 9.17) is 21.8 Å². The molecule has 0 bridgehead atoms. The first-order valence-electron chi connectivity index (χ1n) is 5.40. The number of amides is 1. The summed E-state index contributed by atoms with van der Waals surface area (Å²) in [6.45, 7) is -0.0593. The lowest BCUT2D eigenvalue weighted by molar-refractivity contribution is -0.140.